The van der Waals surface area contributed by atoms with Crippen molar-refractivity contribution >= 4 is 12.1 Å². The topological polar surface area (TPSA) is 86.6 Å². The number of amides is 1. The van der Waals surface area contributed by atoms with Crippen molar-refractivity contribution < 1.29 is 19.1 Å². The van der Waals surface area contributed by atoms with E-state index in [0.717, 1.165) is 36.1 Å². The van der Waals surface area contributed by atoms with Crippen LogP contribution >= 0.6 is 0 Å². The molecule has 8 heteroatoms. The first-order valence-corrected chi connectivity index (χ1v) is 10.7. The maximum Gasteiger partial charge on any atom is 0.410 e. The normalized spacial score (nSPS) is 17.2. The van der Waals surface area contributed by atoms with Gasteiger partial charge in [0, 0.05) is 38.1 Å². The van der Waals surface area contributed by atoms with E-state index in [1.165, 1.54) is 7.11 Å². The molecule has 0 aromatic carbocycles. The summed E-state index contributed by atoms with van der Waals surface area (Å²) >= 11 is 0. The summed E-state index contributed by atoms with van der Waals surface area (Å²) in [5, 5.41) is 4.74. The lowest BCUT2D eigenvalue weighted by Gasteiger charge is -2.26. The van der Waals surface area contributed by atoms with Crippen LogP contribution in [0.15, 0.2) is 24.7 Å². The van der Waals surface area contributed by atoms with Crippen molar-refractivity contribution in [3.05, 3.63) is 47.0 Å². The molecular weight excluding hydrogens is 396 g/mol. The third kappa shape index (κ3) is 5.83. The van der Waals surface area contributed by atoms with Crippen LogP contribution in [0.2, 0.25) is 0 Å². The molecule has 1 aliphatic rings. The van der Waals surface area contributed by atoms with Gasteiger partial charge in [0.25, 0.3) is 0 Å². The zero-order chi connectivity index (χ0) is 22.6. The van der Waals surface area contributed by atoms with Gasteiger partial charge in [-0.15, -0.1) is 0 Å². The summed E-state index contributed by atoms with van der Waals surface area (Å²) in [6, 6.07) is 1.89. The highest BCUT2D eigenvalue weighted by atomic mass is 16.6. The molecule has 31 heavy (non-hydrogen) atoms. The summed E-state index contributed by atoms with van der Waals surface area (Å²) in [6.07, 6.45) is 8.31. The number of nitrogens with zero attached hydrogens (tertiary/aromatic N) is 4. The van der Waals surface area contributed by atoms with Gasteiger partial charge in [-0.3, -0.25) is 9.67 Å². The molecule has 8 nitrogen and oxygen atoms in total. The maximum atomic E-state index is 12.4. The second kappa shape index (κ2) is 9.49. The number of pyridine rings is 1. The highest BCUT2D eigenvalue weighted by Gasteiger charge is 2.26. The van der Waals surface area contributed by atoms with Crippen molar-refractivity contribution in [2.45, 2.75) is 65.0 Å². The van der Waals surface area contributed by atoms with Crippen molar-refractivity contribution in [3.8, 4) is 0 Å². The SMILES string of the molecule is COC(=O)c1ccncc1Cc1cn([C@H]2CCCN(C(=O)OC(C)(C)C)CC2)nc1C. The summed E-state index contributed by atoms with van der Waals surface area (Å²) < 4.78 is 12.4. The van der Waals surface area contributed by atoms with Gasteiger partial charge in [-0.1, -0.05) is 0 Å². The summed E-state index contributed by atoms with van der Waals surface area (Å²) in [5.74, 6) is -0.367. The molecule has 0 bridgehead atoms. The van der Waals surface area contributed by atoms with Crippen LogP contribution in [0.1, 0.15) is 73.3 Å². The maximum absolute atomic E-state index is 12.4. The van der Waals surface area contributed by atoms with E-state index in [4.69, 9.17) is 14.6 Å². The van der Waals surface area contributed by atoms with Gasteiger partial charge in [0.15, 0.2) is 0 Å². The minimum atomic E-state index is -0.494. The predicted octanol–water partition coefficient (Wildman–Crippen LogP) is 3.93. The summed E-state index contributed by atoms with van der Waals surface area (Å²) in [6.45, 7) is 8.96. The number of aromatic nitrogens is 3. The third-order valence-electron chi connectivity index (χ3n) is 5.43. The first-order chi connectivity index (χ1) is 14.7. The van der Waals surface area contributed by atoms with Gasteiger partial charge in [-0.25, -0.2) is 9.59 Å². The second-order valence-electron chi connectivity index (χ2n) is 8.97. The summed E-state index contributed by atoms with van der Waals surface area (Å²) in [7, 11) is 1.38. The molecule has 2 aromatic rings. The van der Waals surface area contributed by atoms with Gasteiger partial charge < -0.3 is 14.4 Å². The smallest absolute Gasteiger partial charge is 0.410 e. The molecule has 1 saturated heterocycles. The van der Waals surface area contributed by atoms with Crippen molar-refractivity contribution in [2.75, 3.05) is 20.2 Å². The van der Waals surface area contributed by atoms with Gasteiger partial charge in [0.1, 0.15) is 5.60 Å². The molecule has 2 aromatic heterocycles. The Kier molecular flexibility index (Phi) is 6.97. The molecule has 0 saturated carbocycles. The van der Waals surface area contributed by atoms with E-state index < -0.39 is 5.60 Å². The van der Waals surface area contributed by atoms with E-state index >= 15 is 0 Å². The predicted molar refractivity (Wildman–Crippen MR) is 116 cm³/mol. The summed E-state index contributed by atoms with van der Waals surface area (Å²) in [5.41, 5.74) is 2.81. The fraction of sp³-hybridized carbons (Fsp3) is 0.565. The molecule has 1 atom stereocenters. The monoisotopic (exact) mass is 428 g/mol. The van der Waals surface area contributed by atoms with Gasteiger partial charge in [-0.2, -0.15) is 5.10 Å². The number of likely N-dealkylation sites (tertiary alicyclic amines) is 1. The number of carbonyl (C=O) groups is 2. The van der Waals surface area contributed by atoms with Crippen molar-refractivity contribution in [3.63, 3.8) is 0 Å². The highest BCUT2D eigenvalue weighted by Crippen LogP contribution is 2.25. The number of esters is 1. The Bertz CT molecular complexity index is 932. The number of ether oxygens (including phenoxy) is 2. The molecule has 1 amide bonds. The highest BCUT2D eigenvalue weighted by molar-refractivity contribution is 5.90. The molecule has 168 valence electrons. The Hall–Kier alpha value is -2.90. The van der Waals surface area contributed by atoms with Crippen molar-refractivity contribution in [1.29, 1.82) is 0 Å². The van der Waals surface area contributed by atoms with Crippen LogP contribution in [-0.4, -0.2) is 57.5 Å². The van der Waals surface area contributed by atoms with Crippen molar-refractivity contribution in [2.24, 2.45) is 0 Å². The fourth-order valence-corrected chi connectivity index (χ4v) is 3.81. The quantitative estimate of drug-likeness (QED) is 0.686. The molecule has 1 fully saturated rings. The third-order valence-corrected chi connectivity index (χ3v) is 5.43. The number of rotatable bonds is 4. The van der Waals surface area contributed by atoms with Crippen LogP contribution in [0.4, 0.5) is 4.79 Å². The zero-order valence-corrected chi connectivity index (χ0v) is 19.1. The molecule has 0 unspecified atom stereocenters. The lowest BCUT2D eigenvalue weighted by molar-refractivity contribution is 0.0255. The lowest BCUT2D eigenvalue weighted by atomic mass is 10.0. The summed E-state index contributed by atoms with van der Waals surface area (Å²) in [4.78, 5) is 30.4. The Balaban J connectivity index is 1.70. The Labute approximate surface area is 183 Å². The number of aryl methyl sites for hydroxylation is 1. The molecule has 1 aliphatic heterocycles. The van der Waals surface area contributed by atoms with Crippen LogP contribution < -0.4 is 0 Å². The first kappa shape index (κ1) is 22.8. The molecule has 3 heterocycles. The van der Waals surface area contributed by atoms with E-state index in [9.17, 15) is 9.59 Å². The Morgan fingerprint density at radius 3 is 2.68 bits per heavy atom. The van der Waals surface area contributed by atoms with Crippen LogP contribution in [0, 0.1) is 6.92 Å². The molecule has 0 spiro atoms. The number of hydrogen-bond donors (Lipinski definition) is 0. The van der Waals surface area contributed by atoms with Gasteiger partial charge in [0.2, 0.25) is 0 Å². The van der Waals surface area contributed by atoms with Crippen LogP contribution in [-0.2, 0) is 15.9 Å². The van der Waals surface area contributed by atoms with Crippen molar-refractivity contribution in [1.82, 2.24) is 19.7 Å². The number of methoxy groups -OCH3 is 1. The average molecular weight is 429 g/mol. The van der Waals surface area contributed by atoms with E-state index in [-0.39, 0.29) is 18.1 Å². The van der Waals surface area contributed by atoms with E-state index in [2.05, 4.69) is 11.2 Å². The Morgan fingerprint density at radius 2 is 1.97 bits per heavy atom. The van der Waals surface area contributed by atoms with Gasteiger partial charge in [-0.05, 0) is 64.2 Å². The largest absolute Gasteiger partial charge is 0.465 e. The van der Waals surface area contributed by atoms with E-state index in [1.807, 2.05) is 32.4 Å². The molecular formula is C23H32N4O4. The molecule has 3 rings (SSSR count). The van der Waals surface area contributed by atoms with Crippen LogP contribution in [0.3, 0.4) is 0 Å². The molecule has 0 N–H and O–H groups in total. The molecule has 0 radical (unpaired) electrons. The van der Waals surface area contributed by atoms with E-state index in [0.29, 0.717) is 25.1 Å². The lowest BCUT2D eigenvalue weighted by Crippen LogP contribution is -2.37. The minimum Gasteiger partial charge on any atom is -0.465 e. The average Bonchev–Trinajstić information content (AvgIpc) is 2.92. The van der Waals surface area contributed by atoms with Crippen LogP contribution in [0.25, 0.3) is 0 Å². The minimum absolute atomic E-state index is 0.217. The van der Waals surface area contributed by atoms with Gasteiger partial charge in [0.05, 0.1) is 24.4 Å². The number of hydrogen-bond acceptors (Lipinski definition) is 6. The van der Waals surface area contributed by atoms with E-state index in [1.54, 1.807) is 23.4 Å². The first-order valence-electron chi connectivity index (χ1n) is 10.7. The fourth-order valence-electron chi connectivity index (χ4n) is 3.81. The zero-order valence-electron chi connectivity index (χ0n) is 19.1. The molecule has 0 aliphatic carbocycles. The van der Waals surface area contributed by atoms with Gasteiger partial charge >= 0.3 is 12.1 Å². The number of carbonyl (C=O) groups excluding carboxylic acids is 2. The Morgan fingerprint density at radius 1 is 1.19 bits per heavy atom. The second-order valence-corrected chi connectivity index (χ2v) is 8.97. The van der Waals surface area contributed by atoms with Crippen LogP contribution in [0.5, 0.6) is 0 Å². The standard InChI is InChI=1S/C23H32N4O4/c1-16-18(13-17-14-24-10-8-20(17)21(28)30-5)15-27(25-16)19-7-6-11-26(12-9-19)22(29)31-23(2,3)4/h8,10,14-15,19H,6-7,9,11-13H2,1-5H3/t19-/m0/s1.